The van der Waals surface area contributed by atoms with Crippen LogP contribution in [-0.4, -0.2) is 18.3 Å². The molecule has 2 aromatic carbocycles. The molecule has 0 amide bonds. The highest BCUT2D eigenvalue weighted by Gasteiger charge is 2.09. The van der Waals surface area contributed by atoms with Gasteiger partial charge in [-0.2, -0.15) is 0 Å². The molecule has 0 spiro atoms. The standard InChI is InChI=1S/C16H17F2NO/c17-15-6-12(7-16(18)8-15)9-19-10-14(11-20)13-4-2-1-3-5-13/h1-8,14,19-20H,9-11H2. The van der Waals surface area contributed by atoms with Gasteiger partial charge in [-0.25, -0.2) is 8.78 Å². The number of hydrogen-bond donors (Lipinski definition) is 2. The molecule has 106 valence electrons. The van der Waals surface area contributed by atoms with E-state index in [9.17, 15) is 13.9 Å². The molecule has 0 fully saturated rings. The summed E-state index contributed by atoms with van der Waals surface area (Å²) in [6.45, 7) is 0.922. The normalized spacial score (nSPS) is 12.3. The molecule has 0 aliphatic heterocycles. The Balaban J connectivity index is 1.91. The number of nitrogens with one attached hydrogen (secondary N) is 1. The Kier molecular flexibility index (Phi) is 5.21. The molecule has 0 aromatic heterocycles. The lowest BCUT2D eigenvalue weighted by molar-refractivity contribution is 0.261. The topological polar surface area (TPSA) is 32.3 Å². The van der Waals surface area contributed by atoms with Crippen LogP contribution in [0, 0.1) is 11.6 Å². The Morgan fingerprint density at radius 2 is 1.65 bits per heavy atom. The second-order valence-electron chi connectivity index (χ2n) is 4.70. The van der Waals surface area contributed by atoms with E-state index in [0.29, 0.717) is 18.7 Å². The zero-order valence-electron chi connectivity index (χ0n) is 11.0. The summed E-state index contributed by atoms with van der Waals surface area (Å²) in [7, 11) is 0. The first-order valence-electron chi connectivity index (χ1n) is 6.50. The summed E-state index contributed by atoms with van der Waals surface area (Å²) in [5, 5.41) is 12.5. The van der Waals surface area contributed by atoms with E-state index in [1.54, 1.807) is 0 Å². The highest BCUT2D eigenvalue weighted by molar-refractivity contribution is 5.20. The molecule has 2 N–H and O–H groups in total. The van der Waals surface area contributed by atoms with Crippen molar-refractivity contribution in [1.82, 2.24) is 5.32 Å². The van der Waals surface area contributed by atoms with Gasteiger partial charge in [0, 0.05) is 25.1 Å². The Labute approximate surface area is 117 Å². The number of benzene rings is 2. The fourth-order valence-electron chi connectivity index (χ4n) is 2.12. The first-order chi connectivity index (χ1) is 9.69. The van der Waals surface area contributed by atoms with Gasteiger partial charge in [-0.1, -0.05) is 30.3 Å². The van der Waals surface area contributed by atoms with Gasteiger partial charge in [0.1, 0.15) is 11.6 Å². The molecule has 0 bridgehead atoms. The molecule has 0 saturated heterocycles. The van der Waals surface area contributed by atoms with Gasteiger partial charge in [0.15, 0.2) is 0 Å². The second kappa shape index (κ2) is 7.12. The fraction of sp³-hybridized carbons (Fsp3) is 0.250. The molecule has 4 heteroatoms. The Bertz CT molecular complexity index is 525. The third kappa shape index (κ3) is 4.11. The molecule has 2 nitrogen and oxygen atoms in total. The molecule has 0 radical (unpaired) electrons. The minimum Gasteiger partial charge on any atom is -0.396 e. The number of hydrogen-bond acceptors (Lipinski definition) is 2. The Hall–Kier alpha value is -1.78. The van der Waals surface area contributed by atoms with Crippen molar-refractivity contribution in [2.24, 2.45) is 0 Å². The van der Waals surface area contributed by atoms with Gasteiger partial charge in [0.25, 0.3) is 0 Å². The maximum Gasteiger partial charge on any atom is 0.126 e. The minimum absolute atomic E-state index is 0.0223. The number of halogens is 2. The van der Waals surface area contributed by atoms with E-state index >= 15 is 0 Å². The van der Waals surface area contributed by atoms with Crippen LogP contribution in [0.2, 0.25) is 0 Å². The van der Waals surface area contributed by atoms with Crippen molar-refractivity contribution in [3.8, 4) is 0 Å². The average Bonchev–Trinajstić information content (AvgIpc) is 2.43. The maximum atomic E-state index is 13.0. The van der Waals surface area contributed by atoms with Crippen molar-refractivity contribution in [2.75, 3.05) is 13.2 Å². The number of aliphatic hydroxyl groups is 1. The molecule has 2 rings (SSSR count). The third-order valence-corrected chi connectivity index (χ3v) is 3.13. The molecule has 1 atom stereocenters. The van der Waals surface area contributed by atoms with Crippen LogP contribution in [-0.2, 0) is 6.54 Å². The smallest absolute Gasteiger partial charge is 0.126 e. The van der Waals surface area contributed by atoms with E-state index in [0.717, 1.165) is 11.6 Å². The summed E-state index contributed by atoms with van der Waals surface area (Å²) in [5.74, 6) is -1.19. The molecule has 0 heterocycles. The summed E-state index contributed by atoms with van der Waals surface area (Å²) < 4.78 is 26.1. The van der Waals surface area contributed by atoms with Crippen LogP contribution in [0.15, 0.2) is 48.5 Å². The molecule has 2 aromatic rings. The van der Waals surface area contributed by atoms with Crippen molar-refractivity contribution >= 4 is 0 Å². The average molecular weight is 277 g/mol. The molecule has 0 aliphatic carbocycles. The van der Waals surface area contributed by atoms with Crippen LogP contribution < -0.4 is 5.32 Å². The van der Waals surface area contributed by atoms with Gasteiger partial charge in [0.2, 0.25) is 0 Å². The van der Waals surface area contributed by atoms with Crippen LogP contribution in [0.4, 0.5) is 8.78 Å². The van der Waals surface area contributed by atoms with E-state index in [1.807, 2.05) is 30.3 Å². The minimum atomic E-state index is -0.580. The molecular weight excluding hydrogens is 260 g/mol. The predicted molar refractivity (Wildman–Crippen MR) is 74.3 cm³/mol. The highest BCUT2D eigenvalue weighted by atomic mass is 19.1. The summed E-state index contributed by atoms with van der Waals surface area (Å²) in [5.41, 5.74) is 1.58. The molecule has 0 saturated carbocycles. The summed E-state index contributed by atoms with van der Waals surface area (Å²) in [4.78, 5) is 0. The van der Waals surface area contributed by atoms with Crippen molar-refractivity contribution in [3.63, 3.8) is 0 Å². The van der Waals surface area contributed by atoms with Gasteiger partial charge in [-0.15, -0.1) is 0 Å². The van der Waals surface area contributed by atoms with Crippen molar-refractivity contribution in [3.05, 3.63) is 71.3 Å². The van der Waals surface area contributed by atoms with Crippen LogP contribution >= 0.6 is 0 Å². The first-order valence-corrected chi connectivity index (χ1v) is 6.50. The lowest BCUT2D eigenvalue weighted by atomic mass is 10.00. The van der Waals surface area contributed by atoms with E-state index in [4.69, 9.17) is 0 Å². The number of rotatable bonds is 6. The first kappa shape index (κ1) is 14.6. The lowest BCUT2D eigenvalue weighted by Gasteiger charge is -2.15. The maximum absolute atomic E-state index is 13.0. The summed E-state index contributed by atoms with van der Waals surface area (Å²) in [6, 6.07) is 13.1. The Morgan fingerprint density at radius 3 is 2.25 bits per heavy atom. The quantitative estimate of drug-likeness (QED) is 0.851. The molecule has 20 heavy (non-hydrogen) atoms. The van der Waals surface area contributed by atoms with E-state index in [-0.39, 0.29) is 12.5 Å². The van der Waals surface area contributed by atoms with Gasteiger partial charge < -0.3 is 10.4 Å². The molecular formula is C16H17F2NO. The third-order valence-electron chi connectivity index (χ3n) is 3.13. The zero-order valence-corrected chi connectivity index (χ0v) is 11.0. The van der Waals surface area contributed by atoms with Gasteiger partial charge in [-0.05, 0) is 23.3 Å². The van der Waals surface area contributed by atoms with Crippen molar-refractivity contribution in [1.29, 1.82) is 0 Å². The monoisotopic (exact) mass is 277 g/mol. The molecule has 1 unspecified atom stereocenters. The second-order valence-corrected chi connectivity index (χ2v) is 4.70. The SMILES string of the molecule is OCC(CNCc1cc(F)cc(F)c1)c1ccccc1. The van der Waals surface area contributed by atoms with Crippen LogP contribution in [0.25, 0.3) is 0 Å². The van der Waals surface area contributed by atoms with E-state index in [2.05, 4.69) is 5.32 Å². The summed E-state index contributed by atoms with van der Waals surface area (Å²) in [6.07, 6.45) is 0. The van der Waals surface area contributed by atoms with Crippen LogP contribution in [0.1, 0.15) is 17.0 Å². The zero-order chi connectivity index (χ0) is 14.4. The number of aliphatic hydroxyl groups excluding tert-OH is 1. The van der Waals surface area contributed by atoms with Crippen LogP contribution in [0.3, 0.4) is 0 Å². The van der Waals surface area contributed by atoms with Crippen molar-refractivity contribution < 1.29 is 13.9 Å². The Morgan fingerprint density at radius 1 is 1.00 bits per heavy atom. The van der Waals surface area contributed by atoms with E-state index < -0.39 is 11.6 Å². The summed E-state index contributed by atoms with van der Waals surface area (Å²) >= 11 is 0. The molecule has 0 aliphatic rings. The van der Waals surface area contributed by atoms with E-state index in [1.165, 1.54) is 12.1 Å². The van der Waals surface area contributed by atoms with Crippen molar-refractivity contribution in [2.45, 2.75) is 12.5 Å². The van der Waals surface area contributed by atoms with Gasteiger partial charge in [-0.3, -0.25) is 0 Å². The largest absolute Gasteiger partial charge is 0.396 e. The van der Waals surface area contributed by atoms with Gasteiger partial charge >= 0.3 is 0 Å². The lowest BCUT2D eigenvalue weighted by Crippen LogP contribution is -2.23. The fourth-order valence-corrected chi connectivity index (χ4v) is 2.12. The van der Waals surface area contributed by atoms with Gasteiger partial charge in [0.05, 0.1) is 6.61 Å². The highest BCUT2D eigenvalue weighted by Crippen LogP contribution is 2.14. The van der Waals surface area contributed by atoms with Crippen LogP contribution in [0.5, 0.6) is 0 Å². The predicted octanol–water partition coefficient (Wildman–Crippen LogP) is 2.83.